The monoisotopic (exact) mass is 414 g/mol. The van der Waals surface area contributed by atoms with Gasteiger partial charge in [0.2, 0.25) is 0 Å². The smallest absolute Gasteiger partial charge is 0.261 e. The lowest BCUT2D eigenvalue weighted by atomic mass is 10.1. The average molecular weight is 415 g/mol. The molecule has 0 aromatic heterocycles. The number of nitrogens with one attached hydrogen (secondary N) is 1. The van der Waals surface area contributed by atoms with Gasteiger partial charge in [0.1, 0.15) is 11.6 Å². The first-order valence-corrected chi connectivity index (χ1v) is 8.73. The Labute approximate surface area is 161 Å². The molecule has 0 fully saturated rings. The van der Waals surface area contributed by atoms with Gasteiger partial charge in [-0.25, -0.2) is 0 Å². The highest BCUT2D eigenvalue weighted by atomic mass is 79.9. The quantitative estimate of drug-likeness (QED) is 0.553. The third kappa shape index (κ3) is 5.36. The Bertz CT molecular complexity index is 839. The van der Waals surface area contributed by atoms with Crippen LogP contribution in [0.25, 0.3) is 6.08 Å². The maximum Gasteiger partial charge on any atom is 0.261 e. The van der Waals surface area contributed by atoms with Crippen molar-refractivity contribution in [3.63, 3.8) is 0 Å². The molecule has 0 saturated carbocycles. The Morgan fingerprint density at radius 1 is 1.15 bits per heavy atom. The number of rotatable bonds is 7. The lowest BCUT2D eigenvalue weighted by Gasteiger charge is -2.10. The van der Waals surface area contributed by atoms with Crippen molar-refractivity contribution in [1.29, 1.82) is 5.26 Å². The van der Waals surface area contributed by atoms with Gasteiger partial charge in [-0.1, -0.05) is 34.1 Å². The highest BCUT2D eigenvalue weighted by Crippen LogP contribution is 2.27. The number of ether oxygens (including phenoxy) is 2. The van der Waals surface area contributed by atoms with Crippen molar-refractivity contribution in [2.24, 2.45) is 0 Å². The fraction of sp³-hybridized carbons (Fsp3) is 0.200. The number of halogens is 1. The third-order valence-corrected chi connectivity index (χ3v) is 4.22. The summed E-state index contributed by atoms with van der Waals surface area (Å²) in [5.41, 5.74) is 1.86. The summed E-state index contributed by atoms with van der Waals surface area (Å²) in [6.07, 6.45) is 2.18. The molecule has 1 N–H and O–H groups in total. The van der Waals surface area contributed by atoms with Crippen LogP contribution in [-0.4, -0.2) is 26.7 Å². The van der Waals surface area contributed by atoms with Gasteiger partial charge in [0.05, 0.1) is 14.2 Å². The molecular formula is C20H19BrN2O3. The minimum Gasteiger partial charge on any atom is -0.493 e. The molecule has 6 heteroatoms. The summed E-state index contributed by atoms with van der Waals surface area (Å²) in [7, 11) is 3.16. The van der Waals surface area contributed by atoms with Crippen LogP contribution in [0.15, 0.2) is 52.5 Å². The number of carbonyl (C=O) groups is 1. The third-order valence-electron chi connectivity index (χ3n) is 3.69. The lowest BCUT2D eigenvalue weighted by molar-refractivity contribution is -0.117. The zero-order valence-corrected chi connectivity index (χ0v) is 16.2. The predicted octanol–water partition coefficient (Wildman–Crippen LogP) is 3.73. The molecule has 0 aliphatic heterocycles. The lowest BCUT2D eigenvalue weighted by Crippen LogP contribution is -2.26. The van der Waals surface area contributed by atoms with Gasteiger partial charge in [0.15, 0.2) is 11.5 Å². The van der Waals surface area contributed by atoms with E-state index < -0.39 is 5.91 Å². The topological polar surface area (TPSA) is 71.3 Å². The largest absolute Gasteiger partial charge is 0.493 e. The van der Waals surface area contributed by atoms with Gasteiger partial charge < -0.3 is 14.8 Å². The standard InChI is InChI=1S/C20H19BrN2O3/c1-25-18-8-5-15(12-19(18)26-2)9-10-23-20(24)16(13-22)11-14-3-6-17(21)7-4-14/h3-8,11-12H,9-10H2,1-2H3,(H,23,24)/b16-11+. The van der Waals surface area contributed by atoms with E-state index in [0.717, 1.165) is 15.6 Å². The first kappa shape index (κ1) is 19.5. The molecule has 5 nitrogen and oxygen atoms in total. The van der Waals surface area contributed by atoms with Crippen molar-refractivity contribution in [3.8, 4) is 17.6 Å². The van der Waals surface area contributed by atoms with Gasteiger partial charge in [-0.15, -0.1) is 0 Å². The number of benzene rings is 2. The van der Waals surface area contributed by atoms with E-state index in [1.54, 1.807) is 20.3 Å². The van der Waals surface area contributed by atoms with Crippen molar-refractivity contribution in [3.05, 3.63) is 63.6 Å². The fourth-order valence-electron chi connectivity index (χ4n) is 2.33. The highest BCUT2D eigenvalue weighted by molar-refractivity contribution is 9.10. The molecule has 0 bridgehead atoms. The summed E-state index contributed by atoms with van der Waals surface area (Å²) in [5.74, 6) is 0.907. The van der Waals surface area contributed by atoms with Crippen molar-refractivity contribution in [2.45, 2.75) is 6.42 Å². The van der Waals surface area contributed by atoms with Crippen molar-refractivity contribution in [1.82, 2.24) is 5.32 Å². The maximum atomic E-state index is 12.2. The summed E-state index contributed by atoms with van der Waals surface area (Å²) in [4.78, 5) is 12.2. The van der Waals surface area contributed by atoms with E-state index in [1.165, 1.54) is 0 Å². The zero-order valence-electron chi connectivity index (χ0n) is 14.6. The van der Waals surface area contributed by atoms with Gasteiger partial charge in [-0.05, 0) is 47.9 Å². The Morgan fingerprint density at radius 2 is 1.85 bits per heavy atom. The van der Waals surface area contributed by atoms with E-state index in [4.69, 9.17) is 9.47 Å². The molecule has 2 aromatic carbocycles. The average Bonchev–Trinajstić information content (AvgIpc) is 2.67. The van der Waals surface area contributed by atoms with E-state index >= 15 is 0 Å². The molecule has 1 amide bonds. The van der Waals surface area contributed by atoms with Crippen LogP contribution in [0.1, 0.15) is 11.1 Å². The molecule has 0 heterocycles. The summed E-state index contributed by atoms with van der Waals surface area (Å²) in [6.45, 7) is 0.410. The minimum absolute atomic E-state index is 0.0691. The van der Waals surface area contributed by atoms with Crippen molar-refractivity contribution < 1.29 is 14.3 Å². The Morgan fingerprint density at radius 3 is 2.46 bits per heavy atom. The molecular weight excluding hydrogens is 396 g/mol. The van der Waals surface area contributed by atoms with Crippen molar-refractivity contribution >= 4 is 27.9 Å². The number of carbonyl (C=O) groups excluding carboxylic acids is 1. The number of methoxy groups -OCH3 is 2. The van der Waals surface area contributed by atoms with Crippen LogP contribution in [0, 0.1) is 11.3 Å². The Kier molecular flexibility index (Phi) is 7.24. The summed E-state index contributed by atoms with van der Waals surface area (Å²) in [6, 6.07) is 14.9. The van der Waals surface area contributed by atoms with Gasteiger partial charge in [-0.3, -0.25) is 4.79 Å². The van der Waals surface area contributed by atoms with Crippen LogP contribution in [0.3, 0.4) is 0 Å². The van der Waals surface area contributed by atoms with E-state index in [9.17, 15) is 10.1 Å². The number of amides is 1. The molecule has 134 valence electrons. The van der Waals surface area contributed by atoms with Crippen LogP contribution in [-0.2, 0) is 11.2 Å². The van der Waals surface area contributed by atoms with Crippen molar-refractivity contribution in [2.75, 3.05) is 20.8 Å². The second-order valence-electron chi connectivity index (χ2n) is 5.42. The molecule has 0 unspecified atom stereocenters. The number of hydrogen-bond donors (Lipinski definition) is 1. The Balaban J connectivity index is 1.97. The first-order chi connectivity index (χ1) is 12.6. The molecule has 0 spiro atoms. The SMILES string of the molecule is COc1ccc(CCNC(=O)/C(C#N)=C/c2ccc(Br)cc2)cc1OC. The van der Waals surface area contributed by atoms with Crippen LogP contribution in [0.4, 0.5) is 0 Å². The van der Waals surface area contributed by atoms with Crippen LogP contribution >= 0.6 is 15.9 Å². The predicted molar refractivity (Wildman–Crippen MR) is 104 cm³/mol. The molecule has 26 heavy (non-hydrogen) atoms. The molecule has 0 radical (unpaired) electrons. The number of nitriles is 1. The van der Waals surface area contributed by atoms with Crippen LogP contribution in [0.5, 0.6) is 11.5 Å². The molecule has 0 aliphatic carbocycles. The normalized spacial score (nSPS) is 10.8. The fourth-order valence-corrected chi connectivity index (χ4v) is 2.59. The minimum atomic E-state index is -0.393. The number of hydrogen-bond acceptors (Lipinski definition) is 4. The summed E-state index contributed by atoms with van der Waals surface area (Å²) < 4.78 is 11.4. The number of nitrogens with zero attached hydrogens (tertiary/aromatic N) is 1. The summed E-state index contributed by atoms with van der Waals surface area (Å²) in [5, 5.41) is 12.0. The van der Waals surface area contributed by atoms with E-state index in [1.807, 2.05) is 48.5 Å². The van der Waals surface area contributed by atoms with E-state index in [0.29, 0.717) is 24.5 Å². The van der Waals surface area contributed by atoms with Gasteiger partial charge >= 0.3 is 0 Å². The Hall–Kier alpha value is -2.78. The molecule has 0 saturated heterocycles. The van der Waals surface area contributed by atoms with Crippen LogP contribution in [0.2, 0.25) is 0 Å². The molecule has 0 atom stereocenters. The molecule has 0 aliphatic rings. The van der Waals surface area contributed by atoms with E-state index in [-0.39, 0.29) is 5.57 Å². The van der Waals surface area contributed by atoms with Gasteiger partial charge in [-0.2, -0.15) is 5.26 Å². The van der Waals surface area contributed by atoms with E-state index in [2.05, 4.69) is 21.2 Å². The second kappa shape index (κ2) is 9.64. The van der Waals surface area contributed by atoms with Crippen LogP contribution < -0.4 is 14.8 Å². The maximum absolute atomic E-state index is 12.2. The first-order valence-electron chi connectivity index (χ1n) is 7.94. The zero-order chi connectivity index (χ0) is 18.9. The molecule has 2 rings (SSSR count). The molecule has 2 aromatic rings. The second-order valence-corrected chi connectivity index (χ2v) is 6.33. The highest BCUT2D eigenvalue weighted by Gasteiger charge is 2.09. The van der Waals surface area contributed by atoms with Gasteiger partial charge in [0, 0.05) is 11.0 Å². The van der Waals surface area contributed by atoms with Gasteiger partial charge in [0.25, 0.3) is 5.91 Å². The summed E-state index contributed by atoms with van der Waals surface area (Å²) >= 11 is 3.35.